The number of rotatable bonds is 3. The van der Waals surface area contributed by atoms with Gasteiger partial charge in [-0.3, -0.25) is 0 Å². The van der Waals surface area contributed by atoms with Crippen LogP contribution in [-0.2, 0) is 0 Å². The minimum atomic E-state index is 0.397. The zero-order valence-electron chi connectivity index (χ0n) is 10.9. The van der Waals surface area contributed by atoms with Crippen LogP contribution in [0.25, 0.3) is 0 Å². The van der Waals surface area contributed by atoms with Gasteiger partial charge in [-0.2, -0.15) is 5.26 Å². The van der Waals surface area contributed by atoms with Gasteiger partial charge in [0.25, 0.3) is 0 Å². The van der Waals surface area contributed by atoms with Crippen molar-refractivity contribution in [1.82, 2.24) is 5.32 Å². The predicted octanol–water partition coefficient (Wildman–Crippen LogP) is 2.67. The van der Waals surface area contributed by atoms with Gasteiger partial charge in [-0.15, -0.1) is 0 Å². The maximum Gasteiger partial charge on any atom is 0.163 e. The molecule has 0 spiro atoms. The third kappa shape index (κ3) is 3.93. The zero-order valence-corrected chi connectivity index (χ0v) is 11.7. The normalized spacial score (nSPS) is 22.5. The van der Waals surface area contributed by atoms with Crippen LogP contribution in [0.15, 0.2) is 24.3 Å². The molecule has 0 amide bonds. The van der Waals surface area contributed by atoms with Crippen molar-refractivity contribution in [3.05, 3.63) is 35.4 Å². The van der Waals surface area contributed by atoms with Gasteiger partial charge in [-0.05, 0) is 67.4 Å². The van der Waals surface area contributed by atoms with Crippen LogP contribution in [0.1, 0.15) is 42.7 Å². The van der Waals surface area contributed by atoms with Gasteiger partial charge in [0, 0.05) is 6.54 Å². The average Bonchev–Trinajstić information content (AvgIpc) is 2.46. The Bertz CT molecular complexity index is 467. The van der Waals surface area contributed by atoms with Gasteiger partial charge in [0.05, 0.1) is 11.6 Å². The van der Waals surface area contributed by atoms with Crippen molar-refractivity contribution in [2.24, 2.45) is 11.7 Å². The second-order valence-corrected chi connectivity index (χ2v) is 5.64. The lowest BCUT2D eigenvalue weighted by molar-refractivity contribution is 0.325. The highest BCUT2D eigenvalue weighted by molar-refractivity contribution is 7.80. The van der Waals surface area contributed by atoms with Crippen molar-refractivity contribution in [2.45, 2.75) is 31.6 Å². The molecule has 100 valence electrons. The fraction of sp³-hybridized carbons (Fsp3) is 0.467. The Hall–Kier alpha value is -1.60. The molecule has 0 radical (unpaired) electrons. The molecule has 1 aliphatic carbocycles. The molecule has 0 aromatic heterocycles. The first-order chi connectivity index (χ1) is 9.19. The Balaban J connectivity index is 1.85. The van der Waals surface area contributed by atoms with Crippen molar-refractivity contribution < 1.29 is 0 Å². The summed E-state index contributed by atoms with van der Waals surface area (Å²) in [6.45, 7) is 0.898. The number of nitrogens with one attached hydrogen (secondary N) is 1. The molecule has 1 aromatic rings. The Morgan fingerprint density at radius 3 is 2.42 bits per heavy atom. The van der Waals surface area contributed by atoms with Crippen molar-refractivity contribution in [1.29, 1.82) is 5.26 Å². The number of nitrogens with two attached hydrogens (primary N) is 1. The Morgan fingerprint density at radius 1 is 1.26 bits per heavy atom. The topological polar surface area (TPSA) is 61.8 Å². The van der Waals surface area contributed by atoms with Crippen molar-refractivity contribution in [3.63, 3.8) is 0 Å². The smallest absolute Gasteiger partial charge is 0.163 e. The largest absolute Gasteiger partial charge is 0.376 e. The van der Waals surface area contributed by atoms with Gasteiger partial charge >= 0.3 is 0 Å². The van der Waals surface area contributed by atoms with Crippen molar-refractivity contribution in [3.8, 4) is 6.07 Å². The molecule has 1 fully saturated rings. The van der Waals surface area contributed by atoms with E-state index in [1.54, 1.807) is 0 Å². The molecule has 3 N–H and O–H groups in total. The third-order valence-electron chi connectivity index (χ3n) is 3.92. The number of thiocarbonyl (C=S) groups is 1. The van der Waals surface area contributed by atoms with E-state index in [1.165, 1.54) is 31.2 Å². The van der Waals surface area contributed by atoms with E-state index in [0.717, 1.165) is 12.1 Å². The van der Waals surface area contributed by atoms with E-state index in [4.69, 9.17) is 23.2 Å². The lowest BCUT2D eigenvalue weighted by Gasteiger charge is -2.29. The van der Waals surface area contributed by atoms with Gasteiger partial charge in [0.1, 0.15) is 0 Å². The minimum Gasteiger partial charge on any atom is -0.376 e. The summed E-state index contributed by atoms with van der Waals surface area (Å²) < 4.78 is 0. The highest BCUT2D eigenvalue weighted by Gasteiger charge is 2.22. The fourth-order valence-electron chi connectivity index (χ4n) is 2.77. The maximum absolute atomic E-state index is 8.80. The summed E-state index contributed by atoms with van der Waals surface area (Å²) >= 11 is 4.83. The summed E-state index contributed by atoms with van der Waals surface area (Å²) in [7, 11) is 0. The minimum absolute atomic E-state index is 0.397. The number of benzene rings is 1. The monoisotopic (exact) mass is 273 g/mol. The molecule has 1 saturated carbocycles. The van der Waals surface area contributed by atoms with Crippen LogP contribution in [0.3, 0.4) is 0 Å². The first-order valence-corrected chi connectivity index (χ1v) is 7.13. The number of nitriles is 1. The first-order valence-electron chi connectivity index (χ1n) is 6.72. The molecular formula is C15H19N3S. The van der Waals surface area contributed by atoms with Gasteiger partial charge in [-0.1, -0.05) is 12.1 Å². The van der Waals surface area contributed by atoms with E-state index in [-0.39, 0.29) is 0 Å². The molecular weight excluding hydrogens is 254 g/mol. The van der Waals surface area contributed by atoms with Crippen LogP contribution in [0, 0.1) is 17.2 Å². The van der Waals surface area contributed by atoms with E-state index in [0.29, 0.717) is 16.9 Å². The Morgan fingerprint density at radius 2 is 1.89 bits per heavy atom. The molecule has 0 heterocycles. The molecule has 0 saturated heterocycles. The summed E-state index contributed by atoms with van der Waals surface area (Å²) in [5.74, 6) is 1.31. The molecule has 0 aliphatic heterocycles. The van der Waals surface area contributed by atoms with E-state index in [1.807, 2.05) is 12.1 Å². The van der Waals surface area contributed by atoms with Crippen LogP contribution in [0.2, 0.25) is 0 Å². The third-order valence-corrected chi connectivity index (χ3v) is 4.07. The maximum atomic E-state index is 8.80. The summed E-state index contributed by atoms with van der Waals surface area (Å²) in [6, 6.07) is 10.2. The molecule has 19 heavy (non-hydrogen) atoms. The van der Waals surface area contributed by atoms with Gasteiger partial charge < -0.3 is 11.1 Å². The summed E-state index contributed by atoms with van der Waals surface area (Å²) in [6.07, 6.45) is 4.83. The molecule has 4 heteroatoms. The lowest BCUT2D eigenvalue weighted by atomic mass is 9.78. The molecule has 1 aliphatic rings. The summed E-state index contributed by atoms with van der Waals surface area (Å²) in [5, 5.41) is 12.3. The zero-order chi connectivity index (χ0) is 13.7. The lowest BCUT2D eigenvalue weighted by Crippen LogP contribution is -2.34. The molecule has 0 unspecified atom stereocenters. The van der Waals surface area contributed by atoms with E-state index in [9.17, 15) is 0 Å². The van der Waals surface area contributed by atoms with E-state index >= 15 is 0 Å². The summed E-state index contributed by atoms with van der Waals surface area (Å²) in [4.78, 5) is 0. The van der Waals surface area contributed by atoms with E-state index in [2.05, 4.69) is 23.5 Å². The Labute approximate surface area is 119 Å². The van der Waals surface area contributed by atoms with Crippen molar-refractivity contribution >= 4 is 17.3 Å². The molecule has 0 atom stereocenters. The predicted molar refractivity (Wildman–Crippen MR) is 80.6 cm³/mol. The highest BCUT2D eigenvalue weighted by atomic mass is 32.1. The van der Waals surface area contributed by atoms with Gasteiger partial charge in [0.15, 0.2) is 5.11 Å². The van der Waals surface area contributed by atoms with Crippen molar-refractivity contribution in [2.75, 3.05) is 6.54 Å². The highest BCUT2D eigenvalue weighted by Crippen LogP contribution is 2.35. The SMILES string of the molecule is N#Cc1ccc(C2CCC(CNC(N)=S)CC2)cc1. The van der Waals surface area contributed by atoms with Crippen LogP contribution < -0.4 is 11.1 Å². The number of hydrogen-bond acceptors (Lipinski definition) is 2. The fourth-order valence-corrected chi connectivity index (χ4v) is 2.86. The van der Waals surface area contributed by atoms with Crippen LogP contribution in [0.4, 0.5) is 0 Å². The van der Waals surface area contributed by atoms with Crippen LogP contribution in [0.5, 0.6) is 0 Å². The molecule has 1 aromatic carbocycles. The van der Waals surface area contributed by atoms with Gasteiger partial charge in [-0.25, -0.2) is 0 Å². The second kappa shape index (κ2) is 6.53. The molecule has 3 nitrogen and oxygen atoms in total. The number of hydrogen-bond donors (Lipinski definition) is 2. The Kier molecular flexibility index (Phi) is 4.75. The summed E-state index contributed by atoms with van der Waals surface area (Å²) in [5.41, 5.74) is 7.54. The number of nitrogens with zero attached hydrogens (tertiary/aromatic N) is 1. The van der Waals surface area contributed by atoms with E-state index < -0.39 is 0 Å². The standard InChI is InChI=1S/C15H19N3S/c16-9-11-1-5-13(6-2-11)14-7-3-12(4-8-14)10-18-15(17)19/h1-2,5-6,12,14H,3-4,7-8,10H2,(H3,17,18,19). The average molecular weight is 273 g/mol. The van der Waals surface area contributed by atoms with Crippen LogP contribution >= 0.6 is 12.2 Å². The molecule has 0 bridgehead atoms. The quantitative estimate of drug-likeness (QED) is 0.831. The van der Waals surface area contributed by atoms with Gasteiger partial charge in [0.2, 0.25) is 0 Å². The molecule has 2 rings (SSSR count). The van der Waals surface area contributed by atoms with Crippen LogP contribution in [-0.4, -0.2) is 11.7 Å². The first kappa shape index (κ1) is 13.8. The second-order valence-electron chi connectivity index (χ2n) is 5.20.